The molecule has 43 heavy (non-hydrogen) atoms. The molecule has 2 saturated heterocycles. The van der Waals surface area contributed by atoms with E-state index in [1.165, 1.54) is 6.92 Å². The van der Waals surface area contributed by atoms with Crippen molar-refractivity contribution in [2.45, 2.75) is 77.0 Å². The van der Waals surface area contributed by atoms with Crippen molar-refractivity contribution in [2.75, 3.05) is 67.2 Å². The Bertz CT molecular complexity index is 1280. The van der Waals surface area contributed by atoms with Crippen LogP contribution in [0.5, 0.6) is 0 Å². The molecule has 2 amide bonds. The van der Waals surface area contributed by atoms with Crippen molar-refractivity contribution in [3.8, 4) is 0 Å². The van der Waals surface area contributed by atoms with Gasteiger partial charge in [-0.25, -0.2) is 9.97 Å². The van der Waals surface area contributed by atoms with Gasteiger partial charge in [-0.1, -0.05) is 6.92 Å². The van der Waals surface area contributed by atoms with Crippen LogP contribution in [-0.2, 0) is 11.2 Å². The van der Waals surface area contributed by atoms with Gasteiger partial charge in [0.1, 0.15) is 5.82 Å². The Hall–Kier alpha value is -3.48. The number of hydrogen-bond acceptors (Lipinski definition) is 10. The molecule has 0 bridgehead atoms. The van der Waals surface area contributed by atoms with E-state index in [2.05, 4.69) is 42.7 Å². The maximum Gasteiger partial charge on any atom is 0.271 e. The number of carbonyl (C=O) groups is 2. The number of amides is 2. The van der Waals surface area contributed by atoms with E-state index in [1.807, 2.05) is 25.1 Å². The molecule has 12 heteroatoms. The number of anilines is 5. The molecule has 1 aliphatic carbocycles. The third kappa shape index (κ3) is 7.73. The summed E-state index contributed by atoms with van der Waals surface area (Å²) in [6.45, 7) is 9.78. The normalized spacial score (nSPS) is 22.3. The van der Waals surface area contributed by atoms with Crippen molar-refractivity contribution in [2.24, 2.45) is 5.73 Å². The van der Waals surface area contributed by atoms with Crippen molar-refractivity contribution in [3.63, 3.8) is 0 Å². The van der Waals surface area contributed by atoms with E-state index in [4.69, 9.17) is 10.7 Å². The average Bonchev–Trinajstić information content (AvgIpc) is 2.99. The van der Waals surface area contributed by atoms with Gasteiger partial charge < -0.3 is 36.6 Å². The zero-order valence-corrected chi connectivity index (χ0v) is 25.7. The van der Waals surface area contributed by atoms with Crippen molar-refractivity contribution in [1.82, 2.24) is 19.8 Å². The molecule has 3 heterocycles. The first-order valence-corrected chi connectivity index (χ1v) is 15.7. The number of nitrogens with one attached hydrogen (secondary N) is 3. The van der Waals surface area contributed by atoms with Crippen LogP contribution in [0.3, 0.4) is 0 Å². The summed E-state index contributed by atoms with van der Waals surface area (Å²) >= 11 is 0. The molecular weight excluding hydrogens is 546 g/mol. The van der Waals surface area contributed by atoms with E-state index >= 15 is 0 Å². The second-order valence-corrected chi connectivity index (χ2v) is 12.2. The Morgan fingerprint density at radius 3 is 2.30 bits per heavy atom. The molecule has 3 fully saturated rings. The van der Waals surface area contributed by atoms with E-state index in [-0.39, 0.29) is 29.6 Å². The molecule has 3 aliphatic rings. The summed E-state index contributed by atoms with van der Waals surface area (Å²) in [6, 6.07) is 6.57. The Morgan fingerprint density at radius 2 is 1.67 bits per heavy atom. The zero-order valence-electron chi connectivity index (χ0n) is 25.7. The van der Waals surface area contributed by atoms with Crippen LogP contribution < -0.4 is 26.6 Å². The summed E-state index contributed by atoms with van der Waals surface area (Å²) in [5.41, 5.74) is 8.80. The quantitative estimate of drug-likeness (QED) is 0.293. The molecule has 5 rings (SSSR count). The number of nitrogens with zero attached hydrogens (tertiary/aromatic N) is 5. The van der Waals surface area contributed by atoms with Crippen LogP contribution in [0.1, 0.15) is 68.6 Å². The molecule has 12 nitrogen and oxygen atoms in total. The van der Waals surface area contributed by atoms with Crippen molar-refractivity contribution in [1.29, 1.82) is 0 Å². The minimum atomic E-state index is -0.668. The highest BCUT2D eigenvalue weighted by atomic mass is 16.3. The lowest BCUT2D eigenvalue weighted by molar-refractivity contribution is -0.114. The van der Waals surface area contributed by atoms with Gasteiger partial charge in [0.25, 0.3) is 5.91 Å². The average molecular weight is 594 g/mol. The van der Waals surface area contributed by atoms with Crippen LogP contribution in [-0.4, -0.2) is 101 Å². The number of likely N-dealkylation sites (N-methyl/N-ethyl adjacent to an activating group) is 1. The highest BCUT2D eigenvalue weighted by Gasteiger charge is 2.28. The molecule has 234 valence electrons. The fourth-order valence-electron chi connectivity index (χ4n) is 6.48. The molecule has 1 saturated carbocycles. The largest absolute Gasteiger partial charge is 0.393 e. The van der Waals surface area contributed by atoms with E-state index in [1.54, 1.807) is 0 Å². The minimum Gasteiger partial charge on any atom is -0.393 e. The third-order valence-corrected chi connectivity index (χ3v) is 9.00. The number of aliphatic hydroxyl groups excluding tert-OH is 1. The first-order valence-electron chi connectivity index (χ1n) is 15.7. The topological polar surface area (TPSA) is 152 Å². The van der Waals surface area contributed by atoms with Crippen molar-refractivity contribution >= 4 is 40.5 Å². The number of aliphatic hydroxyl groups is 1. The number of aromatic nitrogens is 2. The standard InChI is InChI=1S/C31H47N9O3/c1-4-25-30(34-21-5-8-24(42)9-6-21)37-31(28(36-25)29(32)43)35-22-7-10-27(26(19-22)33-20(2)41)40-13-11-23(12-14-40)39-17-15-38(3)16-18-39/h7,10,19,21,23-24,42H,4-6,8-9,11-18H2,1-3H3,(H2,32,43)(H,33,41)(H2,34,35,37). The molecule has 2 aromatic rings. The number of primary amides is 1. The molecule has 1 aromatic heterocycles. The van der Waals surface area contributed by atoms with Gasteiger partial charge in [-0.2, -0.15) is 0 Å². The van der Waals surface area contributed by atoms with E-state index < -0.39 is 5.91 Å². The summed E-state index contributed by atoms with van der Waals surface area (Å²) in [7, 11) is 2.18. The number of carbonyl (C=O) groups excluding carboxylic acids is 2. The van der Waals surface area contributed by atoms with Gasteiger partial charge >= 0.3 is 0 Å². The summed E-state index contributed by atoms with van der Waals surface area (Å²) in [5.74, 6) is 0.0505. The number of aryl methyl sites for hydroxylation is 1. The molecular formula is C31H47N9O3. The summed E-state index contributed by atoms with van der Waals surface area (Å²) in [6.07, 6.45) is 5.64. The van der Waals surface area contributed by atoms with Gasteiger partial charge in [-0.15, -0.1) is 0 Å². The number of rotatable bonds is 9. The molecule has 0 atom stereocenters. The lowest BCUT2D eigenvalue weighted by atomic mass is 9.93. The predicted molar refractivity (Wildman–Crippen MR) is 170 cm³/mol. The van der Waals surface area contributed by atoms with E-state index in [0.717, 1.165) is 83.5 Å². The second-order valence-electron chi connectivity index (χ2n) is 12.2. The molecule has 2 aliphatic heterocycles. The number of piperazine rings is 1. The Morgan fingerprint density at radius 1 is 0.977 bits per heavy atom. The van der Waals surface area contributed by atoms with Crippen molar-refractivity contribution < 1.29 is 14.7 Å². The Balaban J connectivity index is 1.35. The molecule has 6 N–H and O–H groups in total. The van der Waals surface area contributed by atoms with Crippen LogP contribution >= 0.6 is 0 Å². The summed E-state index contributed by atoms with van der Waals surface area (Å²) in [4.78, 5) is 41.3. The van der Waals surface area contributed by atoms with Crippen LogP contribution in [0, 0.1) is 0 Å². The number of piperidine rings is 1. The number of nitrogens with two attached hydrogens (primary N) is 1. The first kappa shape index (κ1) is 31.0. The Labute approximate surface area is 254 Å². The fourth-order valence-corrected chi connectivity index (χ4v) is 6.48. The first-order chi connectivity index (χ1) is 20.7. The lowest BCUT2D eigenvalue weighted by Gasteiger charge is -2.43. The maximum absolute atomic E-state index is 12.4. The van der Waals surface area contributed by atoms with Crippen LogP contribution in [0.4, 0.5) is 28.7 Å². The fraction of sp³-hybridized carbons (Fsp3) is 0.613. The van der Waals surface area contributed by atoms with Crippen LogP contribution in [0.25, 0.3) is 0 Å². The highest BCUT2D eigenvalue weighted by Crippen LogP contribution is 2.34. The monoisotopic (exact) mass is 593 g/mol. The van der Waals surface area contributed by atoms with Gasteiger partial charge in [-0.3, -0.25) is 14.5 Å². The van der Waals surface area contributed by atoms with Gasteiger partial charge in [0, 0.05) is 64.0 Å². The summed E-state index contributed by atoms with van der Waals surface area (Å²) in [5, 5.41) is 19.6. The van der Waals surface area contributed by atoms with Gasteiger partial charge in [-0.05, 0) is 70.2 Å². The molecule has 0 radical (unpaired) electrons. The molecule has 0 spiro atoms. The van der Waals surface area contributed by atoms with Gasteiger partial charge in [0.15, 0.2) is 11.5 Å². The lowest BCUT2D eigenvalue weighted by Crippen LogP contribution is -2.52. The Kier molecular flexibility index (Phi) is 9.99. The highest BCUT2D eigenvalue weighted by molar-refractivity contribution is 5.97. The summed E-state index contributed by atoms with van der Waals surface area (Å²) < 4.78 is 0. The number of benzene rings is 1. The zero-order chi connectivity index (χ0) is 30.5. The molecule has 0 unspecified atom stereocenters. The SMILES string of the molecule is CCc1nc(C(N)=O)c(Nc2ccc(N3CCC(N4CCN(C)CC4)CC3)c(NC(C)=O)c2)nc1NC1CCC(O)CC1. The second kappa shape index (κ2) is 13.9. The third-order valence-electron chi connectivity index (χ3n) is 9.00. The van der Waals surface area contributed by atoms with Gasteiger partial charge in [0.05, 0.1) is 23.2 Å². The van der Waals surface area contributed by atoms with Crippen molar-refractivity contribution in [3.05, 3.63) is 29.6 Å². The smallest absolute Gasteiger partial charge is 0.271 e. The van der Waals surface area contributed by atoms with Crippen LogP contribution in [0.15, 0.2) is 18.2 Å². The molecule has 1 aromatic carbocycles. The minimum absolute atomic E-state index is 0.0672. The van der Waals surface area contributed by atoms with Gasteiger partial charge in [0.2, 0.25) is 5.91 Å². The van der Waals surface area contributed by atoms with E-state index in [9.17, 15) is 14.7 Å². The maximum atomic E-state index is 12.4. The van der Waals surface area contributed by atoms with E-state index in [0.29, 0.717) is 35.3 Å². The predicted octanol–water partition coefficient (Wildman–Crippen LogP) is 2.77. The van der Waals surface area contributed by atoms with Crippen LogP contribution in [0.2, 0.25) is 0 Å². The number of hydrogen-bond donors (Lipinski definition) is 5.